The summed E-state index contributed by atoms with van der Waals surface area (Å²) < 4.78 is 37.5. The molecule has 0 radical (unpaired) electrons. The predicted molar refractivity (Wildman–Crippen MR) is 72.0 cm³/mol. The molecule has 0 aromatic rings. The average Bonchev–Trinajstić information content (AvgIpc) is 2.40. The average molecular weight is 330 g/mol. The quantitative estimate of drug-likeness (QED) is 0.676. The minimum atomic E-state index is -4.14. The molecule has 108 valence electrons. The van der Waals surface area contributed by atoms with Gasteiger partial charge in [0, 0.05) is 6.54 Å². The second-order valence-electron chi connectivity index (χ2n) is 6.30. The van der Waals surface area contributed by atoms with Crippen LogP contribution in [-0.4, -0.2) is 35.5 Å². The van der Waals surface area contributed by atoms with Gasteiger partial charge in [-0.15, -0.1) is 0 Å². The van der Waals surface area contributed by atoms with Crippen LogP contribution < -0.4 is 0 Å². The summed E-state index contributed by atoms with van der Waals surface area (Å²) in [4.78, 5) is 0.537. The van der Waals surface area contributed by atoms with Crippen LogP contribution in [0.25, 0.3) is 0 Å². The van der Waals surface area contributed by atoms with Crippen molar-refractivity contribution in [2.24, 2.45) is 11.3 Å². The Bertz CT molecular complexity index is 260. The summed E-state index contributed by atoms with van der Waals surface area (Å²) in [5.41, 5.74) is 0.258. The lowest BCUT2D eigenvalue weighted by atomic mass is 9.77. The molecule has 0 N–H and O–H groups in total. The molecular weight excluding hydrogens is 307 g/mol. The van der Waals surface area contributed by atoms with E-state index >= 15 is 0 Å². The summed E-state index contributed by atoms with van der Waals surface area (Å²) in [6.45, 7) is 8.29. The number of halogens is 4. The molecule has 1 aliphatic heterocycles. The molecule has 18 heavy (non-hydrogen) atoms. The van der Waals surface area contributed by atoms with Crippen molar-refractivity contribution >= 4 is 15.9 Å². The highest BCUT2D eigenvalue weighted by Gasteiger charge is 2.39. The van der Waals surface area contributed by atoms with E-state index in [1.54, 1.807) is 0 Å². The maximum absolute atomic E-state index is 12.5. The lowest BCUT2D eigenvalue weighted by molar-refractivity contribution is -0.130. The lowest BCUT2D eigenvalue weighted by Crippen LogP contribution is -2.38. The molecule has 0 spiro atoms. The van der Waals surface area contributed by atoms with Gasteiger partial charge in [0.25, 0.3) is 0 Å². The van der Waals surface area contributed by atoms with E-state index in [-0.39, 0.29) is 12.0 Å². The van der Waals surface area contributed by atoms with Crippen molar-refractivity contribution < 1.29 is 13.2 Å². The van der Waals surface area contributed by atoms with E-state index in [9.17, 15) is 13.2 Å². The van der Waals surface area contributed by atoms with Gasteiger partial charge in [-0.05, 0) is 43.7 Å². The van der Waals surface area contributed by atoms with Crippen molar-refractivity contribution in [3.63, 3.8) is 0 Å². The SMILES string of the molecule is CC(C)(C)C1CCCN(CC(Br)C(F)(F)F)CC1. The Hall–Kier alpha value is 0.230. The molecule has 0 amide bonds. The van der Waals surface area contributed by atoms with Crippen LogP contribution in [0.1, 0.15) is 40.0 Å². The minimum Gasteiger partial charge on any atom is -0.302 e. The van der Waals surface area contributed by atoms with Crippen LogP contribution >= 0.6 is 15.9 Å². The molecule has 0 aromatic heterocycles. The monoisotopic (exact) mass is 329 g/mol. The molecule has 5 heteroatoms. The normalized spacial score (nSPS) is 25.8. The maximum atomic E-state index is 12.5. The number of hydrogen-bond acceptors (Lipinski definition) is 1. The van der Waals surface area contributed by atoms with E-state index in [1.807, 2.05) is 4.90 Å². The van der Waals surface area contributed by atoms with Gasteiger partial charge >= 0.3 is 6.18 Å². The van der Waals surface area contributed by atoms with Crippen LogP contribution in [0.15, 0.2) is 0 Å². The summed E-state index contributed by atoms with van der Waals surface area (Å²) in [7, 11) is 0. The minimum absolute atomic E-state index is 0.0698. The molecular formula is C13H23BrF3N. The van der Waals surface area contributed by atoms with E-state index in [0.29, 0.717) is 5.92 Å². The van der Waals surface area contributed by atoms with Crippen LogP contribution in [0.3, 0.4) is 0 Å². The summed E-state index contributed by atoms with van der Waals surface area (Å²) >= 11 is 2.75. The van der Waals surface area contributed by atoms with Crippen molar-refractivity contribution in [3.05, 3.63) is 0 Å². The highest BCUT2D eigenvalue weighted by molar-refractivity contribution is 9.09. The molecule has 1 rings (SSSR count). The predicted octanol–water partition coefficient (Wildman–Crippen LogP) is 4.46. The number of nitrogens with zero attached hydrogens (tertiary/aromatic N) is 1. The van der Waals surface area contributed by atoms with Gasteiger partial charge in [0.05, 0.1) is 0 Å². The third-order valence-electron chi connectivity index (χ3n) is 3.82. The van der Waals surface area contributed by atoms with Crippen molar-refractivity contribution in [2.45, 2.75) is 51.0 Å². The molecule has 2 unspecified atom stereocenters. The van der Waals surface area contributed by atoms with Crippen LogP contribution in [0.2, 0.25) is 0 Å². The summed E-state index contributed by atoms with van der Waals surface area (Å²) in [6.07, 6.45) is -1.02. The lowest BCUT2D eigenvalue weighted by Gasteiger charge is -2.30. The molecule has 1 heterocycles. The van der Waals surface area contributed by atoms with Gasteiger partial charge in [-0.2, -0.15) is 13.2 Å². The Labute approximate surface area is 116 Å². The zero-order chi connectivity index (χ0) is 14.0. The molecule has 1 fully saturated rings. The number of rotatable bonds is 2. The van der Waals surface area contributed by atoms with Gasteiger partial charge in [-0.1, -0.05) is 36.7 Å². The van der Waals surface area contributed by atoms with Gasteiger partial charge in [0.2, 0.25) is 0 Å². The second-order valence-corrected chi connectivity index (χ2v) is 7.41. The molecule has 0 saturated carbocycles. The molecule has 1 nitrogen and oxygen atoms in total. The Morgan fingerprint density at radius 3 is 2.28 bits per heavy atom. The third-order valence-corrected chi connectivity index (χ3v) is 4.63. The van der Waals surface area contributed by atoms with Crippen molar-refractivity contribution in [1.82, 2.24) is 4.90 Å². The van der Waals surface area contributed by atoms with Crippen molar-refractivity contribution in [2.75, 3.05) is 19.6 Å². The van der Waals surface area contributed by atoms with Gasteiger partial charge in [0.1, 0.15) is 4.83 Å². The van der Waals surface area contributed by atoms with Crippen molar-refractivity contribution in [3.8, 4) is 0 Å². The largest absolute Gasteiger partial charge is 0.402 e. The van der Waals surface area contributed by atoms with E-state index in [1.165, 1.54) is 0 Å². The van der Waals surface area contributed by atoms with Gasteiger partial charge in [-0.3, -0.25) is 0 Å². The first-order valence-electron chi connectivity index (χ1n) is 6.54. The Kier molecular flexibility index (Phi) is 5.54. The maximum Gasteiger partial charge on any atom is 0.402 e. The molecule has 1 saturated heterocycles. The molecule has 0 aromatic carbocycles. The third kappa shape index (κ3) is 5.08. The van der Waals surface area contributed by atoms with Crippen LogP contribution in [-0.2, 0) is 0 Å². The topological polar surface area (TPSA) is 3.24 Å². The number of alkyl halides is 4. The summed E-state index contributed by atoms with van der Waals surface area (Å²) in [5.74, 6) is 0.613. The smallest absolute Gasteiger partial charge is 0.302 e. The van der Waals surface area contributed by atoms with Gasteiger partial charge in [0.15, 0.2) is 0 Å². The van der Waals surface area contributed by atoms with E-state index in [4.69, 9.17) is 0 Å². The van der Waals surface area contributed by atoms with Crippen LogP contribution in [0.5, 0.6) is 0 Å². The highest BCUT2D eigenvalue weighted by atomic mass is 79.9. The second kappa shape index (κ2) is 6.12. The molecule has 1 aliphatic rings. The first kappa shape index (κ1) is 16.3. The summed E-state index contributed by atoms with van der Waals surface area (Å²) in [6, 6.07) is 0. The number of hydrogen-bond donors (Lipinski definition) is 0. The summed E-state index contributed by atoms with van der Waals surface area (Å²) in [5, 5.41) is 0. The fraction of sp³-hybridized carbons (Fsp3) is 1.00. The fourth-order valence-electron chi connectivity index (χ4n) is 2.53. The number of likely N-dealkylation sites (tertiary alicyclic amines) is 1. The van der Waals surface area contributed by atoms with Gasteiger partial charge < -0.3 is 4.90 Å². The van der Waals surface area contributed by atoms with Crippen LogP contribution in [0, 0.1) is 11.3 Å². The molecule has 0 aliphatic carbocycles. The first-order chi connectivity index (χ1) is 8.10. The first-order valence-corrected chi connectivity index (χ1v) is 7.45. The Balaban J connectivity index is 2.48. The van der Waals surface area contributed by atoms with Crippen LogP contribution in [0.4, 0.5) is 13.2 Å². The van der Waals surface area contributed by atoms with E-state index in [0.717, 1.165) is 32.4 Å². The molecule has 0 bridgehead atoms. The Morgan fingerprint density at radius 2 is 1.78 bits per heavy atom. The standard InChI is InChI=1S/C13H23BrF3N/c1-12(2,3)10-5-4-7-18(8-6-10)9-11(14)13(15,16)17/h10-11H,4-9H2,1-3H3. The Morgan fingerprint density at radius 1 is 1.17 bits per heavy atom. The highest BCUT2D eigenvalue weighted by Crippen LogP contribution is 2.35. The van der Waals surface area contributed by atoms with E-state index < -0.39 is 11.0 Å². The van der Waals surface area contributed by atoms with Crippen molar-refractivity contribution in [1.29, 1.82) is 0 Å². The zero-order valence-electron chi connectivity index (χ0n) is 11.4. The molecule has 2 atom stereocenters. The fourth-order valence-corrected chi connectivity index (χ4v) is 2.94. The zero-order valence-corrected chi connectivity index (χ0v) is 12.9. The van der Waals surface area contributed by atoms with Gasteiger partial charge in [-0.25, -0.2) is 0 Å². The van der Waals surface area contributed by atoms with E-state index in [2.05, 4.69) is 36.7 Å².